The Labute approximate surface area is 119 Å². The largest absolute Gasteiger partial charge is 0.480 e. The third kappa shape index (κ3) is 3.71. The van der Waals surface area contributed by atoms with Crippen LogP contribution in [-0.2, 0) is 10.5 Å². The van der Waals surface area contributed by atoms with Crippen molar-refractivity contribution in [1.82, 2.24) is 10.2 Å². The zero-order valence-corrected chi connectivity index (χ0v) is 11.6. The summed E-state index contributed by atoms with van der Waals surface area (Å²) in [6.07, 6.45) is 0. The number of benzene rings is 1. The Morgan fingerprint density at radius 1 is 1.42 bits per heavy atom. The van der Waals surface area contributed by atoms with E-state index in [1.165, 1.54) is 11.8 Å². The van der Waals surface area contributed by atoms with Gasteiger partial charge in [0.25, 0.3) is 0 Å². The van der Waals surface area contributed by atoms with Crippen molar-refractivity contribution < 1.29 is 14.3 Å². The number of aliphatic carboxylic acids is 1. The Bertz CT molecular complexity index is 571. The first-order valence-corrected chi connectivity index (χ1v) is 6.91. The van der Waals surface area contributed by atoms with E-state index in [-0.39, 0.29) is 0 Å². The van der Waals surface area contributed by atoms with Crippen molar-refractivity contribution in [2.75, 3.05) is 0 Å². The molecule has 2 rings (SSSR count). The van der Waals surface area contributed by atoms with Gasteiger partial charge < -0.3 is 9.52 Å². The lowest BCUT2D eigenvalue weighted by Gasteiger charge is -2.02. The second-order valence-corrected chi connectivity index (χ2v) is 5.56. The fourth-order valence-corrected chi connectivity index (χ4v) is 2.07. The zero-order valence-electron chi connectivity index (χ0n) is 10.0. The summed E-state index contributed by atoms with van der Waals surface area (Å²) >= 11 is 7.02. The van der Waals surface area contributed by atoms with Crippen molar-refractivity contribution in [3.63, 3.8) is 0 Å². The van der Waals surface area contributed by atoms with Gasteiger partial charge in [-0.25, -0.2) is 0 Å². The Kier molecular flexibility index (Phi) is 4.44. The monoisotopic (exact) mass is 298 g/mol. The van der Waals surface area contributed by atoms with E-state index in [1.54, 1.807) is 31.2 Å². The first kappa shape index (κ1) is 13.9. The summed E-state index contributed by atoms with van der Waals surface area (Å²) < 4.78 is 5.46. The minimum absolute atomic E-state index is 0.369. The maximum atomic E-state index is 10.7. The van der Waals surface area contributed by atoms with E-state index in [0.717, 1.165) is 5.56 Å². The number of carboxylic acid groups (broad SMARTS) is 1. The van der Waals surface area contributed by atoms with E-state index < -0.39 is 11.2 Å². The van der Waals surface area contributed by atoms with Crippen LogP contribution in [0.4, 0.5) is 0 Å². The molecule has 2 aromatic rings. The van der Waals surface area contributed by atoms with E-state index in [2.05, 4.69) is 10.2 Å². The van der Waals surface area contributed by atoms with E-state index in [1.807, 2.05) is 0 Å². The Hall–Kier alpha value is -1.53. The second kappa shape index (κ2) is 6.08. The van der Waals surface area contributed by atoms with Gasteiger partial charge >= 0.3 is 5.97 Å². The molecule has 0 fully saturated rings. The van der Waals surface area contributed by atoms with Crippen LogP contribution in [0.2, 0.25) is 5.02 Å². The minimum atomic E-state index is -0.859. The van der Waals surface area contributed by atoms with Crippen LogP contribution in [0, 0.1) is 0 Å². The molecule has 19 heavy (non-hydrogen) atoms. The van der Waals surface area contributed by atoms with E-state index in [9.17, 15) is 4.79 Å². The summed E-state index contributed by atoms with van der Waals surface area (Å²) in [4.78, 5) is 10.7. The number of halogens is 1. The van der Waals surface area contributed by atoms with Gasteiger partial charge in [-0.2, -0.15) is 0 Å². The fourth-order valence-electron chi connectivity index (χ4n) is 1.29. The summed E-state index contributed by atoms with van der Waals surface area (Å²) in [5.41, 5.74) is 0.777. The van der Waals surface area contributed by atoms with Gasteiger partial charge in [-0.3, -0.25) is 4.79 Å². The molecule has 1 unspecified atom stereocenters. The number of carbonyl (C=O) groups is 1. The highest BCUT2D eigenvalue weighted by molar-refractivity contribution is 7.99. The zero-order chi connectivity index (χ0) is 13.8. The molecular weight excluding hydrogens is 288 g/mol. The highest BCUT2D eigenvalue weighted by atomic mass is 35.5. The van der Waals surface area contributed by atoms with Crippen molar-refractivity contribution in [3.8, 4) is 11.5 Å². The van der Waals surface area contributed by atoms with E-state index in [0.29, 0.717) is 22.6 Å². The summed E-state index contributed by atoms with van der Waals surface area (Å²) in [5.74, 6) is 0.314. The summed E-state index contributed by atoms with van der Waals surface area (Å²) in [6, 6.07) is 7.04. The van der Waals surface area contributed by atoms with Gasteiger partial charge in [0, 0.05) is 10.6 Å². The second-order valence-electron chi connectivity index (χ2n) is 3.80. The first-order valence-electron chi connectivity index (χ1n) is 5.49. The van der Waals surface area contributed by atoms with Crippen LogP contribution >= 0.6 is 23.4 Å². The molecule has 1 aromatic carbocycles. The van der Waals surface area contributed by atoms with Gasteiger partial charge in [0.2, 0.25) is 11.8 Å². The average molecular weight is 299 g/mol. The Morgan fingerprint density at radius 2 is 2.11 bits per heavy atom. The van der Waals surface area contributed by atoms with Crippen molar-refractivity contribution in [2.24, 2.45) is 0 Å². The minimum Gasteiger partial charge on any atom is -0.480 e. The molecule has 1 N–H and O–H groups in total. The van der Waals surface area contributed by atoms with Crippen molar-refractivity contribution in [2.45, 2.75) is 17.9 Å². The quantitative estimate of drug-likeness (QED) is 0.914. The van der Waals surface area contributed by atoms with Crippen molar-refractivity contribution >= 4 is 29.3 Å². The van der Waals surface area contributed by atoms with Crippen LogP contribution in [0.1, 0.15) is 12.8 Å². The lowest BCUT2D eigenvalue weighted by atomic mass is 10.2. The van der Waals surface area contributed by atoms with Crippen LogP contribution in [0.3, 0.4) is 0 Å². The predicted molar refractivity (Wildman–Crippen MR) is 73.1 cm³/mol. The molecular formula is C12H11ClN2O3S. The number of aromatic nitrogens is 2. The van der Waals surface area contributed by atoms with E-state index in [4.69, 9.17) is 21.1 Å². The molecule has 5 nitrogen and oxygen atoms in total. The standard InChI is InChI=1S/C12H11ClN2O3S/c1-7(12(16)17)19-6-10-14-15-11(18-10)8-2-4-9(13)5-3-8/h2-5,7H,6H2,1H3,(H,16,17). The molecule has 7 heteroatoms. The van der Waals surface area contributed by atoms with Crippen LogP contribution in [-0.4, -0.2) is 26.5 Å². The van der Waals surface area contributed by atoms with Crippen LogP contribution in [0.15, 0.2) is 28.7 Å². The van der Waals surface area contributed by atoms with Crippen LogP contribution < -0.4 is 0 Å². The maximum Gasteiger partial charge on any atom is 0.316 e. The Balaban J connectivity index is 2.03. The Morgan fingerprint density at radius 3 is 2.74 bits per heavy atom. The highest BCUT2D eigenvalue weighted by Gasteiger charge is 2.14. The highest BCUT2D eigenvalue weighted by Crippen LogP contribution is 2.23. The topological polar surface area (TPSA) is 76.2 Å². The molecule has 0 aliphatic rings. The third-order valence-electron chi connectivity index (χ3n) is 2.36. The predicted octanol–water partition coefficient (Wildman–Crippen LogP) is 3.10. The number of hydrogen-bond donors (Lipinski definition) is 1. The molecule has 1 aromatic heterocycles. The molecule has 1 atom stereocenters. The SMILES string of the molecule is CC(SCc1nnc(-c2ccc(Cl)cc2)o1)C(=O)O. The average Bonchev–Trinajstić information content (AvgIpc) is 2.85. The van der Waals surface area contributed by atoms with Crippen molar-refractivity contribution in [1.29, 1.82) is 0 Å². The molecule has 0 aliphatic carbocycles. The molecule has 1 heterocycles. The number of thioether (sulfide) groups is 1. The van der Waals surface area contributed by atoms with E-state index >= 15 is 0 Å². The maximum absolute atomic E-state index is 10.7. The molecule has 100 valence electrons. The smallest absolute Gasteiger partial charge is 0.316 e. The molecule has 0 spiro atoms. The number of nitrogens with zero attached hydrogens (tertiary/aromatic N) is 2. The summed E-state index contributed by atoms with van der Waals surface area (Å²) in [7, 11) is 0. The number of rotatable bonds is 5. The first-order chi connectivity index (χ1) is 9.06. The lowest BCUT2D eigenvalue weighted by molar-refractivity contribution is -0.136. The van der Waals surface area contributed by atoms with Gasteiger partial charge in [0.15, 0.2) is 0 Å². The summed E-state index contributed by atoms with van der Waals surface area (Å²) in [6.45, 7) is 1.61. The van der Waals surface area contributed by atoms with Gasteiger partial charge in [0.1, 0.15) is 0 Å². The molecule has 0 bridgehead atoms. The van der Waals surface area contributed by atoms with Gasteiger partial charge in [-0.1, -0.05) is 11.6 Å². The molecule has 0 aliphatic heterocycles. The van der Waals surface area contributed by atoms with Gasteiger partial charge in [-0.15, -0.1) is 22.0 Å². The van der Waals surface area contributed by atoms with Gasteiger partial charge in [0.05, 0.1) is 11.0 Å². The number of hydrogen-bond acceptors (Lipinski definition) is 5. The molecule has 0 amide bonds. The third-order valence-corrected chi connectivity index (χ3v) is 3.73. The molecule has 0 saturated carbocycles. The lowest BCUT2D eigenvalue weighted by Crippen LogP contribution is -2.11. The summed E-state index contributed by atoms with van der Waals surface area (Å²) in [5, 5.41) is 16.7. The molecule has 0 radical (unpaired) electrons. The van der Waals surface area contributed by atoms with Crippen molar-refractivity contribution in [3.05, 3.63) is 35.2 Å². The fraction of sp³-hybridized carbons (Fsp3) is 0.250. The van der Waals surface area contributed by atoms with Crippen LogP contribution in [0.25, 0.3) is 11.5 Å². The van der Waals surface area contributed by atoms with Crippen LogP contribution in [0.5, 0.6) is 0 Å². The van der Waals surface area contributed by atoms with Gasteiger partial charge in [-0.05, 0) is 31.2 Å². The number of carboxylic acids is 1. The normalized spacial score (nSPS) is 12.3. The molecule has 0 saturated heterocycles.